The number of hydrogen-bond acceptors (Lipinski definition) is 0. The quantitative estimate of drug-likeness (QED) is 0.119. The Morgan fingerprint density at radius 1 is 0.134 bits per heavy atom. The Kier molecular flexibility index (Phi) is 9.61. The molecule has 0 heteroatoms. The van der Waals surface area contributed by atoms with Gasteiger partial charge in [0.25, 0.3) is 0 Å². The third-order valence-electron chi connectivity index (χ3n) is 18.2. The normalized spacial score (nSPS) is 12.1. The molecule has 0 aliphatic rings. The van der Waals surface area contributed by atoms with E-state index >= 15 is 0 Å². The first-order chi connectivity index (χ1) is 40.7. The van der Waals surface area contributed by atoms with E-state index in [0.717, 1.165) is 0 Å². The second kappa shape index (κ2) is 17.4. The van der Waals surface area contributed by atoms with Crippen LogP contribution in [0, 0.1) is 0 Å². The summed E-state index contributed by atoms with van der Waals surface area (Å²) in [7, 11) is 0. The van der Waals surface area contributed by atoms with Crippen LogP contribution in [0.15, 0.2) is 291 Å². The fourth-order valence-electron chi connectivity index (χ4n) is 14.7. The van der Waals surface area contributed by atoms with Gasteiger partial charge in [-0.25, -0.2) is 0 Å². The highest BCUT2D eigenvalue weighted by molar-refractivity contribution is 6.45. The van der Waals surface area contributed by atoms with E-state index in [1.54, 1.807) is 0 Å². The Labute approximate surface area is 473 Å². The molecule has 0 unspecified atom stereocenters. The highest BCUT2D eigenvalue weighted by atomic mass is 14.3. The summed E-state index contributed by atoms with van der Waals surface area (Å²) >= 11 is 0. The lowest BCUT2D eigenvalue weighted by atomic mass is 9.79. The van der Waals surface area contributed by atoms with Crippen LogP contribution in [-0.2, 0) is 0 Å². The van der Waals surface area contributed by atoms with Crippen LogP contribution in [-0.4, -0.2) is 0 Å². The van der Waals surface area contributed by atoms with Crippen LogP contribution in [0.5, 0.6) is 0 Å². The topological polar surface area (TPSA) is 0 Å². The van der Waals surface area contributed by atoms with Gasteiger partial charge in [0.1, 0.15) is 0 Å². The van der Waals surface area contributed by atoms with Crippen LogP contribution in [0.3, 0.4) is 0 Å². The smallest absolute Gasteiger partial charge is 0.000741 e. The highest BCUT2D eigenvalue weighted by Gasteiger charge is 2.25. The number of hydrogen-bond donors (Lipinski definition) is 0. The summed E-state index contributed by atoms with van der Waals surface area (Å²) in [6.45, 7) is 0. The van der Waals surface area contributed by atoms with Gasteiger partial charge in [-0.1, -0.05) is 249 Å². The monoisotopic (exact) mass is 1030 g/mol. The molecule has 18 aromatic carbocycles. The van der Waals surface area contributed by atoms with Crippen molar-refractivity contribution >= 4 is 129 Å². The lowest BCUT2D eigenvalue weighted by Gasteiger charge is -2.23. The van der Waals surface area contributed by atoms with Crippen molar-refractivity contribution in [2.24, 2.45) is 0 Å². The SMILES string of the molecule is c1ccc2c(-c3ccc4c(-c5c6ccccc6c6c7c5cccc7c5cc(-c7cccc8ccccc78)cc7cc8cc(-c9cccc%10ccccc9%10)ccc8c6c75)c5ccc(-c6cccc7ccccc67)cc5cc4c3)cccc2c1. The molecular weight excluding hydrogens is 985 g/mol. The van der Waals surface area contributed by atoms with E-state index in [1.165, 1.54) is 185 Å². The van der Waals surface area contributed by atoms with Crippen molar-refractivity contribution in [1.82, 2.24) is 0 Å². The highest BCUT2D eigenvalue weighted by Crippen LogP contribution is 2.53. The first-order valence-corrected chi connectivity index (χ1v) is 28.6. The zero-order chi connectivity index (χ0) is 53.6. The van der Waals surface area contributed by atoms with Gasteiger partial charge in [-0.3, -0.25) is 0 Å². The maximum Gasteiger partial charge on any atom is -0.000741 e. The van der Waals surface area contributed by atoms with Gasteiger partial charge < -0.3 is 0 Å². The molecule has 82 heavy (non-hydrogen) atoms. The van der Waals surface area contributed by atoms with Crippen LogP contribution >= 0.6 is 0 Å². The molecule has 0 atom stereocenters. The molecule has 376 valence electrons. The molecule has 0 saturated carbocycles. The fourth-order valence-corrected chi connectivity index (χ4v) is 14.7. The number of benzene rings is 18. The summed E-state index contributed by atoms with van der Waals surface area (Å²) in [4.78, 5) is 0. The van der Waals surface area contributed by atoms with Crippen molar-refractivity contribution < 1.29 is 0 Å². The minimum Gasteiger partial charge on any atom is -0.0616 e. The second-order valence-corrected chi connectivity index (χ2v) is 22.6. The Balaban J connectivity index is 0.990. The maximum atomic E-state index is 2.51. The fraction of sp³-hybridized carbons (Fsp3) is 0. The molecule has 0 aliphatic heterocycles. The van der Waals surface area contributed by atoms with Crippen LogP contribution in [0.2, 0.25) is 0 Å². The van der Waals surface area contributed by atoms with E-state index in [0.29, 0.717) is 0 Å². The molecule has 0 radical (unpaired) electrons. The Morgan fingerprint density at radius 3 is 0.976 bits per heavy atom. The van der Waals surface area contributed by atoms with E-state index in [4.69, 9.17) is 0 Å². The molecule has 0 N–H and O–H groups in total. The number of fused-ring (bicyclic) bond motifs is 12. The van der Waals surface area contributed by atoms with Crippen molar-refractivity contribution in [1.29, 1.82) is 0 Å². The third kappa shape index (κ3) is 6.61. The lowest BCUT2D eigenvalue weighted by molar-refractivity contribution is 1.67. The van der Waals surface area contributed by atoms with Gasteiger partial charge in [-0.05, 0) is 227 Å². The zero-order valence-corrected chi connectivity index (χ0v) is 44.7. The van der Waals surface area contributed by atoms with Gasteiger partial charge in [0.05, 0.1) is 0 Å². The summed E-state index contributed by atoms with van der Waals surface area (Å²) in [6.07, 6.45) is 0. The molecule has 0 bridgehead atoms. The van der Waals surface area contributed by atoms with Crippen LogP contribution in [0.1, 0.15) is 0 Å². The van der Waals surface area contributed by atoms with Gasteiger partial charge in [-0.2, -0.15) is 0 Å². The average molecular weight is 1030 g/mol. The van der Waals surface area contributed by atoms with E-state index in [1.807, 2.05) is 0 Å². The summed E-state index contributed by atoms with van der Waals surface area (Å²) in [5, 5.41) is 30.2. The molecule has 0 nitrogen and oxygen atoms in total. The van der Waals surface area contributed by atoms with Crippen molar-refractivity contribution in [3.8, 4) is 55.6 Å². The molecule has 0 spiro atoms. The minimum absolute atomic E-state index is 1.21. The maximum absolute atomic E-state index is 2.51. The molecule has 0 heterocycles. The van der Waals surface area contributed by atoms with Crippen LogP contribution in [0.25, 0.3) is 185 Å². The summed E-state index contributed by atoms with van der Waals surface area (Å²) in [6, 6.07) is 110. The summed E-state index contributed by atoms with van der Waals surface area (Å²) in [5.41, 5.74) is 12.4. The van der Waals surface area contributed by atoms with Crippen LogP contribution < -0.4 is 0 Å². The Bertz CT molecular complexity index is 5600. The molecule has 0 saturated heterocycles. The molecular formula is C82H48. The zero-order valence-electron chi connectivity index (χ0n) is 44.7. The standard InChI is InChI=1S/C82H48/c1-5-24-61-49(16-1)20-11-30-65(61)53-36-39-69-56(42-53)45-57-43-54(66-31-12-21-50-17-2-6-25-62(50)66)37-40-70(57)78(69)79-72-28-9-10-29-73(72)82-80-74(34-15-35-75(79)80)76-48-59(68-33-14-23-52-19-4-8-27-64(52)68)47-60-46-58-44-55(38-41-71(58)81(82)77(60)76)67-32-13-22-51-18-3-7-26-63(51)67/h1-48H. The largest absolute Gasteiger partial charge is 0.0616 e. The van der Waals surface area contributed by atoms with E-state index < -0.39 is 0 Å². The van der Waals surface area contributed by atoms with Crippen molar-refractivity contribution in [2.75, 3.05) is 0 Å². The molecule has 0 aromatic heterocycles. The summed E-state index contributed by atoms with van der Waals surface area (Å²) < 4.78 is 0. The van der Waals surface area contributed by atoms with Gasteiger partial charge in [0.15, 0.2) is 0 Å². The van der Waals surface area contributed by atoms with Gasteiger partial charge in [0.2, 0.25) is 0 Å². The minimum atomic E-state index is 1.21. The molecule has 18 aromatic rings. The molecule has 0 fully saturated rings. The van der Waals surface area contributed by atoms with E-state index in [2.05, 4.69) is 291 Å². The molecule has 0 aliphatic carbocycles. The molecule has 18 rings (SSSR count). The van der Waals surface area contributed by atoms with Gasteiger partial charge >= 0.3 is 0 Å². The average Bonchev–Trinajstić information content (AvgIpc) is 1.22. The van der Waals surface area contributed by atoms with Crippen molar-refractivity contribution in [2.45, 2.75) is 0 Å². The first-order valence-electron chi connectivity index (χ1n) is 28.6. The first kappa shape index (κ1) is 45.2. The third-order valence-corrected chi connectivity index (χ3v) is 18.2. The van der Waals surface area contributed by atoms with E-state index in [9.17, 15) is 0 Å². The Morgan fingerprint density at radius 2 is 0.463 bits per heavy atom. The predicted molar refractivity (Wildman–Crippen MR) is 355 cm³/mol. The van der Waals surface area contributed by atoms with Gasteiger partial charge in [-0.15, -0.1) is 0 Å². The molecule has 0 amide bonds. The van der Waals surface area contributed by atoms with Gasteiger partial charge in [0, 0.05) is 0 Å². The van der Waals surface area contributed by atoms with E-state index in [-0.39, 0.29) is 0 Å². The van der Waals surface area contributed by atoms with Crippen molar-refractivity contribution in [3.63, 3.8) is 0 Å². The van der Waals surface area contributed by atoms with Crippen molar-refractivity contribution in [3.05, 3.63) is 291 Å². The van der Waals surface area contributed by atoms with Crippen LogP contribution in [0.4, 0.5) is 0 Å². The summed E-state index contributed by atoms with van der Waals surface area (Å²) in [5.74, 6) is 0. The second-order valence-electron chi connectivity index (χ2n) is 22.6. The predicted octanol–water partition coefficient (Wildman–Crippen LogP) is 23.3. The Hall–Kier alpha value is -10.7. The number of rotatable bonds is 5. The lowest BCUT2D eigenvalue weighted by Crippen LogP contribution is -1.95.